The SMILES string of the molecule is COC(=O)[C@@H]1CC(C)(C)C(=O)N1C(=O)OC(C)(C)C. The van der Waals surface area contributed by atoms with Gasteiger partial charge in [-0.2, -0.15) is 0 Å². The molecule has 0 spiro atoms. The quantitative estimate of drug-likeness (QED) is 0.679. The molecule has 0 aromatic rings. The van der Waals surface area contributed by atoms with E-state index in [1.54, 1.807) is 34.6 Å². The van der Waals surface area contributed by atoms with Gasteiger partial charge in [0.15, 0.2) is 0 Å². The molecule has 0 radical (unpaired) electrons. The molecule has 0 aromatic carbocycles. The zero-order valence-electron chi connectivity index (χ0n) is 12.3. The number of nitrogens with zero attached hydrogens (tertiary/aromatic N) is 1. The number of likely N-dealkylation sites (tertiary alicyclic amines) is 1. The van der Waals surface area contributed by atoms with Gasteiger partial charge in [0, 0.05) is 5.41 Å². The molecule has 6 heteroatoms. The average molecular weight is 271 g/mol. The van der Waals surface area contributed by atoms with Crippen LogP contribution in [0, 0.1) is 5.41 Å². The Kier molecular flexibility index (Phi) is 3.93. The molecule has 1 heterocycles. The highest BCUT2D eigenvalue weighted by atomic mass is 16.6. The summed E-state index contributed by atoms with van der Waals surface area (Å²) in [6, 6.07) is -0.914. The van der Waals surface area contributed by atoms with Crippen molar-refractivity contribution in [3.63, 3.8) is 0 Å². The van der Waals surface area contributed by atoms with Gasteiger partial charge < -0.3 is 9.47 Å². The van der Waals surface area contributed by atoms with Crippen LogP contribution in [0.3, 0.4) is 0 Å². The minimum atomic E-state index is -0.914. The molecule has 6 nitrogen and oxygen atoms in total. The molecule has 1 fully saturated rings. The number of imide groups is 1. The lowest BCUT2D eigenvalue weighted by atomic mass is 9.90. The van der Waals surface area contributed by atoms with E-state index in [0.29, 0.717) is 0 Å². The maximum absolute atomic E-state index is 12.2. The van der Waals surface area contributed by atoms with Crippen LogP contribution in [-0.2, 0) is 19.1 Å². The number of ether oxygens (including phenoxy) is 2. The van der Waals surface area contributed by atoms with Gasteiger partial charge in [-0.15, -0.1) is 0 Å². The molecule has 0 unspecified atom stereocenters. The summed E-state index contributed by atoms with van der Waals surface area (Å²) >= 11 is 0. The highest BCUT2D eigenvalue weighted by molar-refractivity contribution is 6.02. The van der Waals surface area contributed by atoms with Crippen LogP contribution in [0.15, 0.2) is 0 Å². The van der Waals surface area contributed by atoms with E-state index in [1.807, 2.05) is 0 Å². The van der Waals surface area contributed by atoms with Gasteiger partial charge in [0.1, 0.15) is 11.6 Å². The molecule has 1 aliphatic heterocycles. The van der Waals surface area contributed by atoms with E-state index in [2.05, 4.69) is 4.74 Å². The van der Waals surface area contributed by atoms with Crippen LogP contribution in [0.1, 0.15) is 41.0 Å². The maximum atomic E-state index is 12.2. The largest absolute Gasteiger partial charge is 0.467 e. The van der Waals surface area contributed by atoms with E-state index in [-0.39, 0.29) is 6.42 Å². The number of amides is 2. The Bertz CT molecular complexity index is 408. The molecule has 0 aromatic heterocycles. The minimum absolute atomic E-state index is 0.234. The number of hydrogen-bond donors (Lipinski definition) is 0. The first-order chi connectivity index (χ1) is 8.49. The molecule has 0 saturated carbocycles. The van der Waals surface area contributed by atoms with Gasteiger partial charge in [0.05, 0.1) is 7.11 Å². The minimum Gasteiger partial charge on any atom is -0.467 e. The van der Waals surface area contributed by atoms with Crippen molar-refractivity contribution in [2.45, 2.75) is 52.7 Å². The van der Waals surface area contributed by atoms with E-state index >= 15 is 0 Å². The van der Waals surface area contributed by atoms with Crippen LogP contribution in [-0.4, -0.2) is 41.6 Å². The molecule has 0 N–H and O–H groups in total. The molecular weight excluding hydrogens is 250 g/mol. The Morgan fingerprint density at radius 2 is 1.84 bits per heavy atom. The summed E-state index contributed by atoms with van der Waals surface area (Å²) in [6.07, 6.45) is -0.573. The standard InChI is InChI=1S/C13H21NO5/c1-12(2,3)19-11(17)14-8(9(15)18-6)7-13(4,5)10(14)16/h8H,7H2,1-6H3/t8-/m0/s1. The first kappa shape index (κ1) is 15.5. The fourth-order valence-electron chi connectivity index (χ4n) is 1.98. The smallest absolute Gasteiger partial charge is 0.417 e. The Morgan fingerprint density at radius 1 is 1.32 bits per heavy atom. The fraction of sp³-hybridized carbons (Fsp3) is 0.769. The summed E-state index contributed by atoms with van der Waals surface area (Å²) in [5.74, 6) is -1.03. The lowest BCUT2D eigenvalue weighted by Gasteiger charge is -2.26. The number of esters is 1. The Morgan fingerprint density at radius 3 is 2.26 bits per heavy atom. The normalized spacial score (nSPS) is 22.3. The van der Waals surface area contributed by atoms with Crippen molar-refractivity contribution >= 4 is 18.0 Å². The van der Waals surface area contributed by atoms with Gasteiger partial charge in [-0.05, 0) is 27.2 Å². The second-order valence-electron chi connectivity index (χ2n) is 6.28. The number of carbonyl (C=O) groups is 3. The Hall–Kier alpha value is -1.59. The van der Waals surface area contributed by atoms with Crippen LogP contribution in [0.4, 0.5) is 4.79 Å². The van der Waals surface area contributed by atoms with Crippen LogP contribution >= 0.6 is 0 Å². The number of methoxy groups -OCH3 is 1. The third-order valence-corrected chi connectivity index (χ3v) is 2.88. The number of hydrogen-bond acceptors (Lipinski definition) is 5. The van der Waals surface area contributed by atoms with Gasteiger partial charge in [0.2, 0.25) is 5.91 Å². The van der Waals surface area contributed by atoms with Crippen molar-refractivity contribution in [1.29, 1.82) is 0 Å². The van der Waals surface area contributed by atoms with E-state index < -0.39 is 35.0 Å². The molecule has 19 heavy (non-hydrogen) atoms. The summed E-state index contributed by atoms with van der Waals surface area (Å²) < 4.78 is 9.81. The Labute approximate surface area is 113 Å². The zero-order valence-corrected chi connectivity index (χ0v) is 12.3. The molecule has 1 rings (SSSR count). The molecule has 108 valence electrons. The van der Waals surface area contributed by atoms with Crippen molar-refractivity contribution < 1.29 is 23.9 Å². The van der Waals surface area contributed by atoms with E-state index in [4.69, 9.17) is 4.74 Å². The van der Waals surface area contributed by atoms with Crippen molar-refractivity contribution in [2.24, 2.45) is 5.41 Å². The van der Waals surface area contributed by atoms with Crippen molar-refractivity contribution in [3.05, 3.63) is 0 Å². The van der Waals surface area contributed by atoms with Gasteiger partial charge >= 0.3 is 12.1 Å². The van der Waals surface area contributed by atoms with Crippen LogP contribution in [0.2, 0.25) is 0 Å². The van der Waals surface area contributed by atoms with Gasteiger partial charge in [-0.3, -0.25) is 4.79 Å². The topological polar surface area (TPSA) is 72.9 Å². The van der Waals surface area contributed by atoms with Crippen LogP contribution in [0.25, 0.3) is 0 Å². The predicted molar refractivity (Wildman–Crippen MR) is 67.3 cm³/mol. The van der Waals surface area contributed by atoms with E-state index in [0.717, 1.165) is 4.90 Å². The molecule has 1 aliphatic rings. The monoisotopic (exact) mass is 271 g/mol. The molecule has 1 saturated heterocycles. The molecule has 0 bridgehead atoms. The summed E-state index contributed by atoms with van der Waals surface area (Å²) in [5.41, 5.74) is -1.51. The third kappa shape index (κ3) is 3.24. The fourth-order valence-corrected chi connectivity index (χ4v) is 1.98. The van der Waals surface area contributed by atoms with Gasteiger partial charge in [-0.25, -0.2) is 14.5 Å². The molecule has 1 atom stereocenters. The summed E-state index contributed by atoms with van der Waals surface area (Å²) in [7, 11) is 1.23. The average Bonchev–Trinajstić information content (AvgIpc) is 2.47. The maximum Gasteiger partial charge on any atom is 0.417 e. The lowest BCUT2D eigenvalue weighted by Crippen LogP contribution is -2.46. The first-order valence-corrected chi connectivity index (χ1v) is 6.14. The molecule has 0 aliphatic carbocycles. The molecule has 2 amide bonds. The van der Waals surface area contributed by atoms with Crippen LogP contribution < -0.4 is 0 Å². The van der Waals surface area contributed by atoms with Crippen LogP contribution in [0.5, 0.6) is 0 Å². The highest BCUT2D eigenvalue weighted by Crippen LogP contribution is 2.36. The first-order valence-electron chi connectivity index (χ1n) is 6.14. The van der Waals surface area contributed by atoms with Crippen molar-refractivity contribution in [2.75, 3.05) is 7.11 Å². The number of rotatable bonds is 1. The second kappa shape index (κ2) is 4.83. The van der Waals surface area contributed by atoms with E-state index in [1.165, 1.54) is 7.11 Å². The van der Waals surface area contributed by atoms with Gasteiger partial charge in [-0.1, -0.05) is 13.8 Å². The van der Waals surface area contributed by atoms with Crippen molar-refractivity contribution in [3.8, 4) is 0 Å². The lowest BCUT2D eigenvalue weighted by molar-refractivity contribution is -0.149. The van der Waals surface area contributed by atoms with Gasteiger partial charge in [0.25, 0.3) is 0 Å². The second-order valence-corrected chi connectivity index (χ2v) is 6.28. The zero-order chi connectivity index (χ0) is 15.0. The third-order valence-electron chi connectivity index (χ3n) is 2.88. The number of carbonyl (C=O) groups excluding carboxylic acids is 3. The predicted octanol–water partition coefficient (Wildman–Crippen LogP) is 1.72. The van der Waals surface area contributed by atoms with Crippen molar-refractivity contribution in [1.82, 2.24) is 4.90 Å². The molecular formula is C13H21NO5. The summed E-state index contributed by atoms with van der Waals surface area (Å²) in [6.45, 7) is 8.47. The van der Waals surface area contributed by atoms with E-state index in [9.17, 15) is 14.4 Å². The highest BCUT2D eigenvalue weighted by Gasteiger charge is 2.52. The Balaban J connectivity index is 3.03. The summed E-state index contributed by atoms with van der Waals surface area (Å²) in [4.78, 5) is 36.8. The summed E-state index contributed by atoms with van der Waals surface area (Å²) in [5, 5.41) is 0.